The summed E-state index contributed by atoms with van der Waals surface area (Å²) in [5.41, 5.74) is 12.7. The molecule has 1 rings (SSSR count). The Labute approximate surface area is 126 Å². The molecule has 0 aromatic heterocycles. The number of anilines is 1. The van der Waals surface area contributed by atoms with E-state index >= 15 is 0 Å². The van der Waals surface area contributed by atoms with E-state index in [0.29, 0.717) is 5.70 Å². The van der Waals surface area contributed by atoms with Gasteiger partial charge in [-0.2, -0.15) is 0 Å². The summed E-state index contributed by atoms with van der Waals surface area (Å²) in [5, 5.41) is 8.99. The van der Waals surface area contributed by atoms with Crippen LogP contribution in [0, 0.1) is 0 Å². The van der Waals surface area contributed by atoms with E-state index in [1.807, 2.05) is 26.0 Å². The van der Waals surface area contributed by atoms with Crippen LogP contribution in [0.4, 0.5) is 5.69 Å². The molecule has 1 aromatic carbocycles. The van der Waals surface area contributed by atoms with Crippen molar-refractivity contribution in [2.45, 2.75) is 18.7 Å². The summed E-state index contributed by atoms with van der Waals surface area (Å²) in [6.45, 7) is 7.56. The molecular formula is C15H22N2O3S. The van der Waals surface area contributed by atoms with Gasteiger partial charge >= 0.3 is 0 Å². The highest BCUT2D eigenvalue weighted by molar-refractivity contribution is 7.90. The van der Waals surface area contributed by atoms with Gasteiger partial charge in [0.1, 0.15) is 5.75 Å². The van der Waals surface area contributed by atoms with Crippen LogP contribution in [0.2, 0.25) is 0 Å². The summed E-state index contributed by atoms with van der Waals surface area (Å²) < 4.78 is 21.9. The maximum absolute atomic E-state index is 11.0. The van der Waals surface area contributed by atoms with E-state index in [9.17, 15) is 8.42 Å². The highest BCUT2D eigenvalue weighted by Crippen LogP contribution is 2.22. The number of phenolic OH excluding ortho intramolecular Hbond substituents is 1. The number of rotatable bonds is 3. The molecule has 0 aliphatic carbocycles. The molecule has 0 amide bonds. The summed E-state index contributed by atoms with van der Waals surface area (Å²) in [7, 11) is -3.23. The predicted octanol–water partition coefficient (Wildman–Crippen LogP) is 2.36. The molecule has 0 heterocycles. The fourth-order valence-electron chi connectivity index (χ4n) is 1.09. The highest BCUT2D eigenvalue weighted by Gasteiger charge is 2.08. The predicted molar refractivity (Wildman–Crippen MR) is 87.5 cm³/mol. The van der Waals surface area contributed by atoms with Gasteiger partial charge in [0.25, 0.3) is 0 Å². The van der Waals surface area contributed by atoms with Crippen LogP contribution < -0.4 is 11.5 Å². The minimum absolute atomic E-state index is 0.0675. The zero-order chi connectivity index (χ0) is 16.6. The van der Waals surface area contributed by atoms with Gasteiger partial charge in [0.15, 0.2) is 9.84 Å². The number of nitrogen functional groups attached to an aromatic ring is 1. The van der Waals surface area contributed by atoms with Gasteiger partial charge in [0.2, 0.25) is 0 Å². The van der Waals surface area contributed by atoms with Gasteiger partial charge in [-0.05, 0) is 44.2 Å². The first-order valence-electron chi connectivity index (χ1n) is 6.09. The normalized spacial score (nSPS) is 11.1. The zero-order valence-corrected chi connectivity index (χ0v) is 13.3. The van der Waals surface area contributed by atoms with Crippen LogP contribution in [0.1, 0.15) is 13.8 Å². The van der Waals surface area contributed by atoms with Gasteiger partial charge in [0, 0.05) is 12.0 Å². The molecule has 5 nitrogen and oxygen atoms in total. The van der Waals surface area contributed by atoms with E-state index in [1.54, 1.807) is 6.08 Å². The Morgan fingerprint density at radius 3 is 2.24 bits per heavy atom. The van der Waals surface area contributed by atoms with E-state index in [4.69, 9.17) is 16.6 Å². The standard InChI is InChI=1S/C8H13N.C7H9NO3S/c1-4-8(9)6-5-7(2)3;1-12(10,11)5-2-3-7(9)6(8)4-5/h4-6H,1,9H2,2-3H3;2-4,9H,8H2,1H3/b8-6+;. The van der Waals surface area contributed by atoms with Crippen LogP contribution in [0.15, 0.2) is 59.2 Å². The molecule has 0 atom stereocenters. The lowest BCUT2D eigenvalue weighted by Gasteiger charge is -2.01. The molecule has 116 valence electrons. The molecule has 21 heavy (non-hydrogen) atoms. The van der Waals surface area contributed by atoms with E-state index in [1.165, 1.54) is 23.8 Å². The van der Waals surface area contributed by atoms with Crippen molar-refractivity contribution in [1.82, 2.24) is 0 Å². The molecule has 1 aromatic rings. The Balaban J connectivity index is 0.000000400. The average molecular weight is 310 g/mol. The second-order valence-corrected chi connectivity index (χ2v) is 6.62. The minimum Gasteiger partial charge on any atom is -0.506 e. The first kappa shape index (κ1) is 18.8. The number of hydrogen-bond acceptors (Lipinski definition) is 5. The number of benzene rings is 1. The molecule has 0 radical (unpaired) electrons. The Morgan fingerprint density at radius 1 is 1.29 bits per heavy atom. The van der Waals surface area contributed by atoms with Crippen molar-refractivity contribution in [3.05, 3.63) is 54.3 Å². The summed E-state index contributed by atoms with van der Waals surface area (Å²) in [6, 6.07) is 3.79. The van der Waals surface area contributed by atoms with E-state index in [2.05, 4.69) is 6.58 Å². The first-order valence-corrected chi connectivity index (χ1v) is 7.98. The lowest BCUT2D eigenvalue weighted by molar-refractivity contribution is 0.477. The molecule has 0 bridgehead atoms. The topological polar surface area (TPSA) is 106 Å². The summed E-state index contributed by atoms with van der Waals surface area (Å²) in [4.78, 5) is 0.109. The number of hydrogen-bond donors (Lipinski definition) is 3. The third-order valence-corrected chi connectivity index (χ3v) is 3.38. The van der Waals surface area contributed by atoms with E-state index < -0.39 is 9.84 Å². The van der Waals surface area contributed by atoms with Crippen molar-refractivity contribution in [3.8, 4) is 5.75 Å². The van der Waals surface area contributed by atoms with Gasteiger partial charge in [-0.1, -0.05) is 18.2 Å². The van der Waals surface area contributed by atoms with Gasteiger partial charge in [-0.25, -0.2) is 8.42 Å². The Bertz CT molecular complexity index is 655. The maximum atomic E-state index is 11.0. The maximum Gasteiger partial charge on any atom is 0.175 e. The number of phenols is 1. The molecule has 0 aliphatic rings. The smallest absolute Gasteiger partial charge is 0.175 e. The zero-order valence-electron chi connectivity index (χ0n) is 12.5. The van der Waals surface area contributed by atoms with Crippen molar-refractivity contribution >= 4 is 15.5 Å². The highest BCUT2D eigenvalue weighted by atomic mass is 32.2. The SMILES string of the molecule is C=C/C(N)=C\C=C(C)C.CS(=O)(=O)c1ccc(O)c(N)c1. The molecule has 0 fully saturated rings. The third kappa shape index (κ3) is 7.84. The molecule has 0 spiro atoms. The van der Waals surface area contributed by atoms with Crippen molar-refractivity contribution in [1.29, 1.82) is 0 Å². The summed E-state index contributed by atoms with van der Waals surface area (Å²) in [6.07, 6.45) is 6.50. The quantitative estimate of drug-likeness (QED) is 0.451. The lowest BCUT2D eigenvalue weighted by atomic mass is 10.3. The monoisotopic (exact) mass is 310 g/mol. The second kappa shape index (κ2) is 8.16. The van der Waals surface area contributed by atoms with Gasteiger partial charge in [-0.15, -0.1) is 0 Å². The number of allylic oxidation sites excluding steroid dienone is 4. The number of sulfone groups is 1. The van der Waals surface area contributed by atoms with Crippen LogP contribution in [-0.4, -0.2) is 19.8 Å². The number of aromatic hydroxyl groups is 1. The fraction of sp³-hybridized carbons (Fsp3) is 0.200. The van der Waals surface area contributed by atoms with Gasteiger partial charge in [-0.3, -0.25) is 0 Å². The van der Waals surface area contributed by atoms with Crippen LogP contribution in [0.5, 0.6) is 5.75 Å². The van der Waals surface area contributed by atoms with Gasteiger partial charge in [0.05, 0.1) is 10.6 Å². The molecular weight excluding hydrogens is 288 g/mol. The minimum atomic E-state index is -3.23. The first-order chi connectivity index (χ1) is 9.57. The lowest BCUT2D eigenvalue weighted by Crippen LogP contribution is -1.98. The second-order valence-electron chi connectivity index (χ2n) is 4.61. The molecule has 0 saturated heterocycles. The molecule has 0 aliphatic heterocycles. The molecule has 5 N–H and O–H groups in total. The Morgan fingerprint density at radius 2 is 1.86 bits per heavy atom. The largest absolute Gasteiger partial charge is 0.506 e. The Kier molecular flexibility index (Phi) is 7.30. The number of nitrogens with two attached hydrogens (primary N) is 2. The summed E-state index contributed by atoms with van der Waals surface area (Å²) in [5.74, 6) is -0.109. The van der Waals surface area contributed by atoms with E-state index in [-0.39, 0.29) is 16.3 Å². The Hall–Kier alpha value is -2.21. The van der Waals surface area contributed by atoms with Gasteiger partial charge < -0.3 is 16.6 Å². The molecule has 0 saturated carbocycles. The van der Waals surface area contributed by atoms with Crippen molar-refractivity contribution < 1.29 is 13.5 Å². The van der Waals surface area contributed by atoms with Crippen molar-refractivity contribution in [2.75, 3.05) is 12.0 Å². The van der Waals surface area contributed by atoms with Crippen LogP contribution in [0.3, 0.4) is 0 Å². The molecule has 6 heteroatoms. The van der Waals surface area contributed by atoms with Crippen LogP contribution in [-0.2, 0) is 9.84 Å². The van der Waals surface area contributed by atoms with Crippen LogP contribution in [0.25, 0.3) is 0 Å². The third-order valence-electron chi connectivity index (χ3n) is 2.27. The molecule has 0 unspecified atom stereocenters. The van der Waals surface area contributed by atoms with Crippen molar-refractivity contribution in [3.63, 3.8) is 0 Å². The fourth-order valence-corrected chi connectivity index (χ4v) is 1.75. The average Bonchev–Trinajstić information content (AvgIpc) is 2.38. The summed E-state index contributed by atoms with van der Waals surface area (Å²) >= 11 is 0. The van der Waals surface area contributed by atoms with Crippen molar-refractivity contribution in [2.24, 2.45) is 5.73 Å². The van der Waals surface area contributed by atoms with Crippen LogP contribution >= 0.6 is 0 Å². The van der Waals surface area contributed by atoms with E-state index in [0.717, 1.165) is 6.26 Å².